The van der Waals surface area contributed by atoms with Crippen LogP contribution in [0.4, 0.5) is 8.78 Å². The molecule has 1 atom stereocenters. The molecular weight excluding hydrogens is 324 g/mol. The van der Waals surface area contributed by atoms with Gasteiger partial charge in [-0.15, -0.1) is 0 Å². The molecular formula is C19H21F2N3O. The van der Waals surface area contributed by atoms with Crippen molar-refractivity contribution in [2.45, 2.75) is 38.9 Å². The van der Waals surface area contributed by atoms with E-state index in [0.29, 0.717) is 6.54 Å². The van der Waals surface area contributed by atoms with Crippen LogP contribution in [0.3, 0.4) is 0 Å². The van der Waals surface area contributed by atoms with E-state index in [1.807, 2.05) is 12.1 Å². The third-order valence-corrected chi connectivity index (χ3v) is 4.53. The monoisotopic (exact) mass is 345 g/mol. The molecule has 0 bridgehead atoms. The molecule has 1 amide bonds. The summed E-state index contributed by atoms with van der Waals surface area (Å²) in [5.41, 5.74) is 1.95. The maximum absolute atomic E-state index is 14.0. The Labute approximate surface area is 145 Å². The number of rotatable bonds is 5. The van der Waals surface area contributed by atoms with E-state index in [0.717, 1.165) is 30.6 Å². The number of hydrogen-bond acceptors (Lipinski definition) is 3. The van der Waals surface area contributed by atoms with Gasteiger partial charge in [-0.2, -0.15) is 0 Å². The minimum atomic E-state index is -0.508. The lowest BCUT2D eigenvalue weighted by Gasteiger charge is -2.25. The largest absolute Gasteiger partial charge is 0.351 e. The van der Waals surface area contributed by atoms with Crippen molar-refractivity contribution in [3.63, 3.8) is 0 Å². The van der Waals surface area contributed by atoms with Crippen LogP contribution in [0.15, 0.2) is 36.5 Å². The summed E-state index contributed by atoms with van der Waals surface area (Å²) < 4.78 is 27.9. The highest BCUT2D eigenvalue weighted by molar-refractivity contribution is 5.72. The standard InChI is InChI=1S/C19H21F2N3O/c1-13(25)23-11-15-10-14(7-8-22-15)19-6-3-9-24(19)12-16-17(20)4-2-5-18(16)21/h2,4-5,7-8,10,19H,3,6,9,11-12H2,1H3,(H,23,25)/t19-/m0/s1. The molecule has 0 saturated carbocycles. The number of amides is 1. The summed E-state index contributed by atoms with van der Waals surface area (Å²) in [6, 6.07) is 7.95. The summed E-state index contributed by atoms with van der Waals surface area (Å²) in [7, 11) is 0. The number of halogens is 2. The summed E-state index contributed by atoms with van der Waals surface area (Å²) >= 11 is 0. The molecule has 0 spiro atoms. The van der Waals surface area contributed by atoms with Crippen LogP contribution in [0.2, 0.25) is 0 Å². The Bertz CT molecular complexity index is 746. The molecule has 3 rings (SSSR count). The molecule has 1 fully saturated rings. The van der Waals surface area contributed by atoms with Crippen molar-refractivity contribution in [2.24, 2.45) is 0 Å². The molecule has 2 heterocycles. The Kier molecular flexibility index (Phi) is 5.38. The molecule has 0 unspecified atom stereocenters. The predicted octanol–water partition coefficient (Wildman–Crippen LogP) is 3.33. The molecule has 1 N–H and O–H groups in total. The van der Waals surface area contributed by atoms with Gasteiger partial charge in [0.15, 0.2) is 0 Å². The van der Waals surface area contributed by atoms with E-state index in [1.165, 1.54) is 25.1 Å². The van der Waals surface area contributed by atoms with Gasteiger partial charge < -0.3 is 5.32 Å². The number of hydrogen-bond donors (Lipinski definition) is 1. The van der Waals surface area contributed by atoms with Crippen LogP contribution >= 0.6 is 0 Å². The SMILES string of the molecule is CC(=O)NCc1cc([C@@H]2CCCN2Cc2c(F)cccc2F)ccn1. The number of carbonyl (C=O) groups excluding carboxylic acids is 1. The minimum absolute atomic E-state index is 0.0954. The zero-order chi connectivity index (χ0) is 17.8. The van der Waals surface area contributed by atoms with E-state index < -0.39 is 11.6 Å². The molecule has 2 aromatic rings. The van der Waals surface area contributed by atoms with Gasteiger partial charge in [-0.25, -0.2) is 8.78 Å². The molecule has 1 aliphatic heterocycles. The summed E-state index contributed by atoms with van der Waals surface area (Å²) in [6.07, 6.45) is 3.62. The van der Waals surface area contributed by atoms with Crippen LogP contribution in [-0.4, -0.2) is 22.3 Å². The molecule has 1 aromatic carbocycles. The van der Waals surface area contributed by atoms with Crippen molar-refractivity contribution >= 4 is 5.91 Å². The first-order valence-corrected chi connectivity index (χ1v) is 8.41. The Morgan fingerprint density at radius 2 is 2.08 bits per heavy atom. The van der Waals surface area contributed by atoms with Crippen LogP contribution in [0.25, 0.3) is 0 Å². The zero-order valence-electron chi connectivity index (χ0n) is 14.1. The summed E-state index contributed by atoms with van der Waals surface area (Å²) in [5.74, 6) is -1.12. The van der Waals surface area contributed by atoms with Gasteiger partial charge in [0.05, 0.1) is 12.2 Å². The van der Waals surface area contributed by atoms with E-state index in [1.54, 1.807) is 6.20 Å². The average molecular weight is 345 g/mol. The van der Waals surface area contributed by atoms with Gasteiger partial charge in [0, 0.05) is 31.3 Å². The highest BCUT2D eigenvalue weighted by Gasteiger charge is 2.27. The first-order chi connectivity index (χ1) is 12.0. The van der Waals surface area contributed by atoms with Gasteiger partial charge in [0.25, 0.3) is 0 Å². The van der Waals surface area contributed by atoms with Crippen molar-refractivity contribution in [1.29, 1.82) is 0 Å². The molecule has 4 nitrogen and oxygen atoms in total. The number of nitrogens with one attached hydrogen (secondary N) is 1. The fourth-order valence-corrected chi connectivity index (χ4v) is 3.30. The molecule has 132 valence electrons. The van der Waals surface area contributed by atoms with Crippen LogP contribution < -0.4 is 5.32 Å². The summed E-state index contributed by atoms with van der Waals surface area (Å²) in [6.45, 7) is 2.87. The Balaban J connectivity index is 1.77. The second-order valence-electron chi connectivity index (χ2n) is 6.32. The lowest BCUT2D eigenvalue weighted by Crippen LogP contribution is -2.24. The van der Waals surface area contributed by atoms with E-state index in [2.05, 4.69) is 15.2 Å². The fraction of sp³-hybridized carbons (Fsp3) is 0.368. The lowest BCUT2D eigenvalue weighted by molar-refractivity contribution is -0.119. The predicted molar refractivity (Wildman–Crippen MR) is 90.5 cm³/mol. The van der Waals surface area contributed by atoms with E-state index in [-0.39, 0.29) is 24.1 Å². The van der Waals surface area contributed by atoms with Gasteiger partial charge in [-0.05, 0) is 49.2 Å². The van der Waals surface area contributed by atoms with Gasteiger partial charge >= 0.3 is 0 Å². The number of carbonyl (C=O) groups is 1. The van der Waals surface area contributed by atoms with Crippen LogP contribution in [0.1, 0.15) is 42.6 Å². The topological polar surface area (TPSA) is 45.2 Å². The second kappa shape index (κ2) is 7.70. The smallest absolute Gasteiger partial charge is 0.217 e. The number of benzene rings is 1. The van der Waals surface area contributed by atoms with Crippen molar-refractivity contribution in [3.8, 4) is 0 Å². The average Bonchev–Trinajstić information content (AvgIpc) is 3.05. The van der Waals surface area contributed by atoms with Crippen LogP contribution in [0.5, 0.6) is 0 Å². The molecule has 1 saturated heterocycles. The third-order valence-electron chi connectivity index (χ3n) is 4.53. The number of pyridine rings is 1. The molecule has 6 heteroatoms. The third kappa shape index (κ3) is 4.20. The van der Waals surface area contributed by atoms with Crippen molar-refractivity contribution in [1.82, 2.24) is 15.2 Å². The molecule has 1 aliphatic rings. The number of nitrogens with zero attached hydrogens (tertiary/aromatic N) is 2. The highest BCUT2D eigenvalue weighted by atomic mass is 19.1. The van der Waals surface area contributed by atoms with Crippen molar-refractivity contribution in [2.75, 3.05) is 6.54 Å². The van der Waals surface area contributed by atoms with Crippen LogP contribution in [-0.2, 0) is 17.9 Å². The lowest BCUT2D eigenvalue weighted by atomic mass is 10.0. The first-order valence-electron chi connectivity index (χ1n) is 8.41. The van der Waals surface area contributed by atoms with Crippen LogP contribution in [0, 0.1) is 11.6 Å². The minimum Gasteiger partial charge on any atom is -0.351 e. The van der Waals surface area contributed by atoms with Gasteiger partial charge in [-0.1, -0.05) is 6.07 Å². The zero-order valence-corrected chi connectivity index (χ0v) is 14.1. The van der Waals surface area contributed by atoms with Gasteiger partial charge in [0.2, 0.25) is 5.91 Å². The van der Waals surface area contributed by atoms with E-state index in [4.69, 9.17) is 0 Å². The normalized spacial score (nSPS) is 17.6. The number of likely N-dealkylation sites (tertiary alicyclic amines) is 1. The summed E-state index contributed by atoms with van der Waals surface area (Å²) in [5, 5.41) is 2.73. The molecule has 0 radical (unpaired) electrons. The number of aromatic nitrogens is 1. The highest BCUT2D eigenvalue weighted by Crippen LogP contribution is 2.34. The van der Waals surface area contributed by atoms with E-state index in [9.17, 15) is 13.6 Å². The molecule has 25 heavy (non-hydrogen) atoms. The Morgan fingerprint density at radius 3 is 2.80 bits per heavy atom. The van der Waals surface area contributed by atoms with E-state index >= 15 is 0 Å². The maximum atomic E-state index is 14.0. The quantitative estimate of drug-likeness (QED) is 0.904. The second-order valence-corrected chi connectivity index (χ2v) is 6.32. The Hall–Kier alpha value is -2.34. The fourth-order valence-electron chi connectivity index (χ4n) is 3.30. The Morgan fingerprint density at radius 1 is 1.32 bits per heavy atom. The molecule has 1 aromatic heterocycles. The van der Waals surface area contributed by atoms with Gasteiger partial charge in [0.1, 0.15) is 11.6 Å². The van der Waals surface area contributed by atoms with Crippen molar-refractivity contribution in [3.05, 3.63) is 65.0 Å². The van der Waals surface area contributed by atoms with Crippen molar-refractivity contribution < 1.29 is 13.6 Å². The first kappa shape index (κ1) is 17.5. The van der Waals surface area contributed by atoms with Gasteiger partial charge in [-0.3, -0.25) is 14.7 Å². The molecule has 0 aliphatic carbocycles. The summed E-state index contributed by atoms with van der Waals surface area (Å²) in [4.78, 5) is 17.4. The maximum Gasteiger partial charge on any atom is 0.217 e.